The van der Waals surface area contributed by atoms with Crippen molar-refractivity contribution in [1.29, 1.82) is 0 Å². The lowest BCUT2D eigenvalue weighted by molar-refractivity contribution is 0.494. The van der Waals surface area contributed by atoms with Crippen LogP contribution in [0.3, 0.4) is 0 Å². The maximum Gasteiger partial charge on any atom is 0.127 e. The highest BCUT2D eigenvalue weighted by atomic mass is 14.1. The zero-order valence-electron chi connectivity index (χ0n) is 12.5. The Balaban J connectivity index is 1.73. The summed E-state index contributed by atoms with van der Waals surface area (Å²) in [6, 6.07) is 0. The average molecular weight is 248 g/mol. The van der Waals surface area contributed by atoms with Crippen LogP contribution in [0.15, 0.2) is 0 Å². The van der Waals surface area contributed by atoms with Gasteiger partial charge in [0.25, 0.3) is 0 Å². The van der Waals surface area contributed by atoms with Crippen molar-refractivity contribution < 1.29 is 0 Å². The summed E-state index contributed by atoms with van der Waals surface area (Å²) in [6.45, 7) is 0. The Morgan fingerprint density at radius 2 is 0.667 bits per heavy atom. The van der Waals surface area contributed by atoms with Crippen molar-refractivity contribution in [3.05, 3.63) is 0 Å². The fraction of sp³-hybridized carbons (Fsp3) is 1.00. The van der Waals surface area contributed by atoms with Gasteiger partial charge in [0.15, 0.2) is 0 Å². The second kappa shape index (κ2) is 9.05. The standard InChI is InChI=1S/C17H33B/c1-2-5-9-13-16(12-8-4-1)18-17-14-10-6-3-7-11-15-17/h16-18H,1-15H2. The van der Waals surface area contributed by atoms with Crippen LogP contribution in [0, 0.1) is 0 Å². The van der Waals surface area contributed by atoms with E-state index in [1.54, 1.807) is 33.0 Å². The van der Waals surface area contributed by atoms with Crippen molar-refractivity contribution >= 4 is 7.28 Å². The van der Waals surface area contributed by atoms with Gasteiger partial charge in [-0.15, -0.1) is 0 Å². The molecule has 104 valence electrons. The molecule has 18 heavy (non-hydrogen) atoms. The molecule has 0 nitrogen and oxygen atoms in total. The van der Waals surface area contributed by atoms with E-state index in [9.17, 15) is 0 Å². The molecule has 0 radical (unpaired) electrons. The van der Waals surface area contributed by atoms with Gasteiger partial charge in [0.05, 0.1) is 0 Å². The molecule has 0 aromatic heterocycles. The fourth-order valence-corrected chi connectivity index (χ4v) is 4.20. The van der Waals surface area contributed by atoms with E-state index < -0.39 is 0 Å². The molecule has 2 rings (SSSR count). The third-order valence-corrected chi connectivity index (χ3v) is 5.37. The molecule has 0 atom stereocenters. The van der Waals surface area contributed by atoms with Gasteiger partial charge in [-0.25, -0.2) is 0 Å². The summed E-state index contributed by atoms with van der Waals surface area (Å²) in [5, 5.41) is 0. The molecule has 0 aromatic carbocycles. The first kappa shape index (κ1) is 14.5. The molecule has 0 N–H and O–H groups in total. The molecule has 0 bridgehead atoms. The van der Waals surface area contributed by atoms with Gasteiger partial charge in [-0.1, -0.05) is 108 Å². The molecule has 0 unspecified atom stereocenters. The monoisotopic (exact) mass is 248 g/mol. The van der Waals surface area contributed by atoms with Crippen LogP contribution in [0.4, 0.5) is 0 Å². The van der Waals surface area contributed by atoms with Crippen LogP contribution in [-0.4, -0.2) is 7.28 Å². The minimum Gasteiger partial charge on any atom is -0.0654 e. The molecule has 0 aliphatic heterocycles. The van der Waals surface area contributed by atoms with E-state index in [1.807, 2.05) is 0 Å². The summed E-state index contributed by atoms with van der Waals surface area (Å²) >= 11 is 0. The van der Waals surface area contributed by atoms with Gasteiger partial charge >= 0.3 is 0 Å². The largest absolute Gasteiger partial charge is 0.127 e. The predicted octanol–water partition coefficient (Wildman–Crippen LogP) is 5.88. The molecular weight excluding hydrogens is 215 g/mol. The van der Waals surface area contributed by atoms with Crippen LogP contribution in [0.5, 0.6) is 0 Å². The van der Waals surface area contributed by atoms with E-state index in [0.717, 1.165) is 11.6 Å². The highest BCUT2D eigenvalue weighted by molar-refractivity contribution is 6.39. The van der Waals surface area contributed by atoms with Crippen LogP contribution in [-0.2, 0) is 0 Å². The van der Waals surface area contributed by atoms with Gasteiger partial charge in [-0.2, -0.15) is 0 Å². The van der Waals surface area contributed by atoms with Crippen molar-refractivity contribution in [2.45, 2.75) is 108 Å². The maximum atomic E-state index is 1.58. The van der Waals surface area contributed by atoms with Crippen molar-refractivity contribution in [3.8, 4) is 0 Å². The second-order valence-corrected chi connectivity index (χ2v) is 7.01. The van der Waals surface area contributed by atoms with Gasteiger partial charge in [0.2, 0.25) is 0 Å². The second-order valence-electron chi connectivity index (χ2n) is 7.01. The molecular formula is C17H33B. The topological polar surface area (TPSA) is 0 Å². The number of hydrogen-bond donors (Lipinski definition) is 0. The van der Waals surface area contributed by atoms with Crippen molar-refractivity contribution in [3.63, 3.8) is 0 Å². The minimum absolute atomic E-state index is 1.09. The highest BCUT2D eigenvalue weighted by Gasteiger charge is 2.19. The maximum absolute atomic E-state index is 1.58. The molecule has 0 heterocycles. The third-order valence-electron chi connectivity index (χ3n) is 5.37. The summed E-state index contributed by atoms with van der Waals surface area (Å²) < 4.78 is 0. The lowest BCUT2D eigenvalue weighted by atomic mass is 9.50. The Hall–Kier alpha value is 0.0649. The van der Waals surface area contributed by atoms with Crippen LogP contribution < -0.4 is 0 Å². The number of hydrogen-bond acceptors (Lipinski definition) is 0. The van der Waals surface area contributed by atoms with Crippen molar-refractivity contribution in [2.75, 3.05) is 0 Å². The number of rotatable bonds is 2. The fourth-order valence-electron chi connectivity index (χ4n) is 4.20. The average Bonchev–Trinajstić information content (AvgIpc) is 2.46. The Morgan fingerprint density at radius 3 is 1.00 bits per heavy atom. The first-order chi connectivity index (χ1) is 8.95. The summed E-state index contributed by atoms with van der Waals surface area (Å²) in [5.74, 6) is 2.18. The van der Waals surface area contributed by atoms with E-state index in [0.29, 0.717) is 0 Å². The molecule has 0 spiro atoms. The Kier molecular flexibility index (Phi) is 7.27. The van der Waals surface area contributed by atoms with Crippen molar-refractivity contribution in [1.82, 2.24) is 0 Å². The van der Waals surface area contributed by atoms with Gasteiger partial charge in [-0.05, 0) is 0 Å². The van der Waals surface area contributed by atoms with Gasteiger partial charge in [-0.3, -0.25) is 0 Å². The summed E-state index contributed by atoms with van der Waals surface area (Å²) in [7, 11) is 1.58. The van der Waals surface area contributed by atoms with Gasteiger partial charge in [0.1, 0.15) is 7.28 Å². The minimum atomic E-state index is 1.09. The zero-order valence-corrected chi connectivity index (χ0v) is 12.5. The van der Waals surface area contributed by atoms with Crippen LogP contribution in [0.1, 0.15) is 96.3 Å². The molecule has 2 saturated carbocycles. The SMILES string of the molecule is B(C1CCCCCCCC1)C1CCCCCCC1. The molecule has 1 heteroatoms. The summed E-state index contributed by atoms with van der Waals surface area (Å²) in [4.78, 5) is 0. The molecule has 2 fully saturated rings. The molecule has 2 aliphatic rings. The van der Waals surface area contributed by atoms with Gasteiger partial charge in [0, 0.05) is 0 Å². The summed E-state index contributed by atoms with van der Waals surface area (Å²) in [6.07, 6.45) is 22.9. The Labute approximate surface area is 116 Å². The van der Waals surface area contributed by atoms with E-state index in [4.69, 9.17) is 0 Å². The third kappa shape index (κ3) is 5.80. The normalized spacial score (nSPS) is 26.4. The Bertz CT molecular complexity index is 184. The van der Waals surface area contributed by atoms with Crippen LogP contribution in [0.2, 0.25) is 11.6 Å². The van der Waals surface area contributed by atoms with Gasteiger partial charge < -0.3 is 0 Å². The summed E-state index contributed by atoms with van der Waals surface area (Å²) in [5.41, 5.74) is 0. The first-order valence-electron chi connectivity index (χ1n) is 8.95. The molecule has 0 aromatic rings. The lowest BCUT2D eigenvalue weighted by Gasteiger charge is -2.23. The zero-order chi connectivity index (χ0) is 12.5. The van der Waals surface area contributed by atoms with E-state index in [1.165, 1.54) is 70.6 Å². The molecule has 0 amide bonds. The van der Waals surface area contributed by atoms with Crippen molar-refractivity contribution in [2.24, 2.45) is 0 Å². The Morgan fingerprint density at radius 1 is 0.389 bits per heavy atom. The van der Waals surface area contributed by atoms with E-state index in [-0.39, 0.29) is 0 Å². The molecule has 0 saturated heterocycles. The van der Waals surface area contributed by atoms with Crippen LogP contribution >= 0.6 is 0 Å². The predicted molar refractivity (Wildman–Crippen MR) is 83.9 cm³/mol. The quantitative estimate of drug-likeness (QED) is 0.535. The lowest BCUT2D eigenvalue weighted by Crippen LogP contribution is -2.13. The highest BCUT2D eigenvalue weighted by Crippen LogP contribution is 2.33. The van der Waals surface area contributed by atoms with E-state index in [2.05, 4.69) is 0 Å². The van der Waals surface area contributed by atoms with Crippen LogP contribution in [0.25, 0.3) is 0 Å². The van der Waals surface area contributed by atoms with E-state index >= 15 is 0 Å². The smallest absolute Gasteiger partial charge is 0.0654 e. The molecule has 2 aliphatic carbocycles. The first-order valence-corrected chi connectivity index (χ1v) is 8.95.